The molecule has 1 aliphatic rings. The number of carbonyl (C=O) groups is 1. The predicted molar refractivity (Wildman–Crippen MR) is 90.8 cm³/mol. The molecule has 23 heavy (non-hydrogen) atoms. The molecule has 1 aromatic heterocycles. The van der Waals surface area contributed by atoms with Crippen molar-refractivity contribution in [1.82, 2.24) is 4.98 Å². The number of aromatic nitrogens is 1. The lowest BCUT2D eigenvalue weighted by Crippen LogP contribution is -2.47. The Hall–Kier alpha value is -1.62. The summed E-state index contributed by atoms with van der Waals surface area (Å²) >= 11 is 0. The highest BCUT2D eigenvalue weighted by Gasteiger charge is 2.42. The minimum absolute atomic E-state index is 0.0741. The van der Waals surface area contributed by atoms with Crippen LogP contribution in [0.15, 0.2) is 12.3 Å². The molecule has 1 fully saturated rings. The van der Waals surface area contributed by atoms with E-state index in [1.165, 1.54) is 0 Å². The van der Waals surface area contributed by atoms with Gasteiger partial charge in [-0.25, -0.2) is 4.98 Å². The van der Waals surface area contributed by atoms with E-state index in [0.717, 1.165) is 37.7 Å². The third-order valence-electron chi connectivity index (χ3n) is 4.49. The van der Waals surface area contributed by atoms with Gasteiger partial charge in [0.15, 0.2) is 0 Å². The molecule has 1 amide bonds. The quantitative estimate of drug-likeness (QED) is 0.868. The van der Waals surface area contributed by atoms with Gasteiger partial charge in [0.25, 0.3) is 5.91 Å². The molecule has 1 saturated carbocycles. The Morgan fingerprint density at radius 3 is 2.91 bits per heavy atom. The lowest BCUT2D eigenvalue weighted by molar-refractivity contribution is -0.143. The lowest BCUT2D eigenvalue weighted by Gasteiger charge is -2.37. The van der Waals surface area contributed by atoms with Gasteiger partial charge in [0.1, 0.15) is 5.60 Å². The van der Waals surface area contributed by atoms with Gasteiger partial charge in [-0.3, -0.25) is 4.79 Å². The molecule has 0 saturated heterocycles. The second-order valence-electron chi connectivity index (χ2n) is 6.55. The van der Waals surface area contributed by atoms with Gasteiger partial charge in [0.2, 0.25) is 5.88 Å². The molecule has 1 aliphatic carbocycles. The first-order chi connectivity index (χ1) is 11.0. The summed E-state index contributed by atoms with van der Waals surface area (Å²) in [5.41, 5.74) is 0.883. The van der Waals surface area contributed by atoms with Gasteiger partial charge in [0, 0.05) is 12.7 Å². The van der Waals surface area contributed by atoms with Crippen molar-refractivity contribution in [1.29, 1.82) is 0 Å². The summed E-state index contributed by atoms with van der Waals surface area (Å²) in [5, 5.41) is 2.97. The van der Waals surface area contributed by atoms with E-state index in [1.807, 2.05) is 13.0 Å². The van der Waals surface area contributed by atoms with Crippen molar-refractivity contribution >= 4 is 11.6 Å². The Kier molecular flexibility index (Phi) is 5.99. The summed E-state index contributed by atoms with van der Waals surface area (Å²) in [7, 11) is 1.63. The number of ether oxygens (including phenoxy) is 2. The average Bonchev–Trinajstić information content (AvgIpc) is 2.54. The molecule has 128 valence electrons. The minimum atomic E-state index is -0.719. The number of amides is 1. The fraction of sp³-hybridized carbons (Fsp3) is 0.667. The van der Waals surface area contributed by atoms with Crippen LogP contribution in [0, 0.1) is 12.8 Å². The van der Waals surface area contributed by atoms with Crippen LogP contribution in [-0.4, -0.2) is 30.2 Å². The van der Waals surface area contributed by atoms with E-state index in [2.05, 4.69) is 24.1 Å². The maximum atomic E-state index is 12.7. The lowest BCUT2D eigenvalue weighted by atomic mass is 9.78. The first kappa shape index (κ1) is 17.7. The van der Waals surface area contributed by atoms with Crippen LogP contribution in [0.5, 0.6) is 5.88 Å². The first-order valence-electron chi connectivity index (χ1n) is 8.47. The van der Waals surface area contributed by atoms with Crippen molar-refractivity contribution in [2.45, 2.75) is 58.5 Å². The van der Waals surface area contributed by atoms with E-state index in [4.69, 9.17) is 9.47 Å². The number of rotatable bonds is 6. The molecule has 0 aromatic carbocycles. The van der Waals surface area contributed by atoms with E-state index in [-0.39, 0.29) is 5.91 Å². The predicted octanol–water partition coefficient (Wildman–Crippen LogP) is 3.71. The molecular weight excluding hydrogens is 292 g/mol. The van der Waals surface area contributed by atoms with Gasteiger partial charge in [-0.05, 0) is 44.6 Å². The van der Waals surface area contributed by atoms with Gasteiger partial charge in [-0.1, -0.05) is 20.3 Å². The zero-order valence-electron chi connectivity index (χ0n) is 14.6. The highest BCUT2D eigenvalue weighted by Crippen LogP contribution is 2.35. The van der Waals surface area contributed by atoms with Crippen molar-refractivity contribution < 1.29 is 14.3 Å². The second kappa shape index (κ2) is 7.77. The normalized spacial score (nSPS) is 24.3. The van der Waals surface area contributed by atoms with Crippen molar-refractivity contribution in [3.8, 4) is 5.88 Å². The molecule has 5 heteroatoms. The van der Waals surface area contributed by atoms with Crippen LogP contribution in [0.3, 0.4) is 0 Å². The van der Waals surface area contributed by atoms with Crippen molar-refractivity contribution in [2.75, 3.05) is 19.0 Å². The van der Waals surface area contributed by atoms with Gasteiger partial charge in [-0.15, -0.1) is 0 Å². The van der Waals surface area contributed by atoms with Crippen LogP contribution in [-0.2, 0) is 9.53 Å². The van der Waals surface area contributed by atoms with Crippen molar-refractivity contribution in [3.05, 3.63) is 17.8 Å². The van der Waals surface area contributed by atoms with Crippen molar-refractivity contribution in [3.63, 3.8) is 0 Å². The van der Waals surface area contributed by atoms with Gasteiger partial charge >= 0.3 is 0 Å². The number of nitrogens with one attached hydrogen (secondary N) is 1. The highest BCUT2D eigenvalue weighted by molar-refractivity contribution is 5.97. The molecule has 0 aliphatic heterocycles. The van der Waals surface area contributed by atoms with Crippen LogP contribution in [0.1, 0.15) is 51.5 Å². The first-order valence-corrected chi connectivity index (χ1v) is 8.47. The standard InChI is InChI=1S/C18H28N2O3/c1-5-9-23-16-14(3)10-15(12-19-16)20-17(21)18(22-4)8-6-7-13(2)11-18/h10,12-13H,5-9,11H2,1-4H3,(H,20,21). The Labute approximate surface area is 138 Å². The molecule has 5 nitrogen and oxygen atoms in total. The van der Waals surface area contributed by atoms with E-state index < -0.39 is 5.60 Å². The molecular formula is C18H28N2O3. The molecule has 0 bridgehead atoms. The SMILES string of the molecule is CCCOc1ncc(NC(=O)C2(OC)CCCC(C)C2)cc1C. The van der Waals surface area contributed by atoms with Crippen LogP contribution >= 0.6 is 0 Å². The smallest absolute Gasteiger partial charge is 0.256 e. The van der Waals surface area contributed by atoms with Crippen LogP contribution in [0.4, 0.5) is 5.69 Å². The monoisotopic (exact) mass is 320 g/mol. The number of hydrogen-bond acceptors (Lipinski definition) is 4. The summed E-state index contributed by atoms with van der Waals surface area (Å²) in [6.07, 6.45) is 6.29. The number of carbonyl (C=O) groups excluding carboxylic acids is 1. The molecule has 1 N–H and O–H groups in total. The summed E-state index contributed by atoms with van der Waals surface area (Å²) in [6, 6.07) is 1.89. The summed E-state index contributed by atoms with van der Waals surface area (Å²) in [5.74, 6) is 1.05. The topological polar surface area (TPSA) is 60.5 Å². The Morgan fingerprint density at radius 2 is 2.30 bits per heavy atom. The van der Waals surface area contributed by atoms with Crippen LogP contribution in [0.2, 0.25) is 0 Å². The summed E-state index contributed by atoms with van der Waals surface area (Å²) in [4.78, 5) is 17.0. The zero-order valence-corrected chi connectivity index (χ0v) is 14.6. The highest BCUT2D eigenvalue weighted by atomic mass is 16.5. The second-order valence-corrected chi connectivity index (χ2v) is 6.55. The van der Waals surface area contributed by atoms with E-state index in [0.29, 0.717) is 24.1 Å². The van der Waals surface area contributed by atoms with E-state index in [1.54, 1.807) is 13.3 Å². The molecule has 2 atom stereocenters. The largest absolute Gasteiger partial charge is 0.477 e. The average molecular weight is 320 g/mol. The molecule has 1 heterocycles. The number of aryl methyl sites for hydroxylation is 1. The van der Waals surface area contributed by atoms with Crippen LogP contribution in [0.25, 0.3) is 0 Å². The fourth-order valence-corrected chi connectivity index (χ4v) is 3.21. The molecule has 2 rings (SSSR count). The number of methoxy groups -OCH3 is 1. The molecule has 1 aromatic rings. The minimum Gasteiger partial charge on any atom is -0.477 e. The Balaban J connectivity index is 2.08. The summed E-state index contributed by atoms with van der Waals surface area (Å²) in [6.45, 7) is 6.80. The van der Waals surface area contributed by atoms with Gasteiger partial charge in [-0.2, -0.15) is 0 Å². The number of hydrogen-bond donors (Lipinski definition) is 1. The number of pyridine rings is 1. The Morgan fingerprint density at radius 1 is 1.52 bits per heavy atom. The molecule has 0 spiro atoms. The fourth-order valence-electron chi connectivity index (χ4n) is 3.21. The van der Waals surface area contributed by atoms with Crippen molar-refractivity contribution in [2.24, 2.45) is 5.92 Å². The zero-order chi connectivity index (χ0) is 16.9. The van der Waals surface area contributed by atoms with Gasteiger partial charge < -0.3 is 14.8 Å². The van der Waals surface area contributed by atoms with Crippen LogP contribution < -0.4 is 10.1 Å². The molecule has 2 unspecified atom stereocenters. The third-order valence-corrected chi connectivity index (χ3v) is 4.49. The summed E-state index contributed by atoms with van der Waals surface area (Å²) < 4.78 is 11.2. The molecule has 0 radical (unpaired) electrons. The van der Waals surface area contributed by atoms with Gasteiger partial charge in [0.05, 0.1) is 18.5 Å². The maximum Gasteiger partial charge on any atom is 0.256 e. The van der Waals surface area contributed by atoms with E-state index in [9.17, 15) is 4.79 Å². The number of anilines is 1. The third kappa shape index (κ3) is 4.22. The Bertz CT molecular complexity index is 547. The van der Waals surface area contributed by atoms with E-state index >= 15 is 0 Å². The maximum absolute atomic E-state index is 12.7. The number of nitrogens with zero attached hydrogens (tertiary/aromatic N) is 1.